The topological polar surface area (TPSA) is 21.3 Å². The number of rotatable bonds is 0. The second-order valence-electron chi connectivity index (χ2n) is 4.47. The van der Waals surface area contributed by atoms with E-state index in [-0.39, 0.29) is 0 Å². The highest BCUT2D eigenvalue weighted by Gasteiger charge is 2.33. The Kier molecular flexibility index (Phi) is 2.86. The molecule has 1 N–H and O–H groups in total. The minimum atomic E-state index is 0.549. The molecule has 0 amide bonds. The van der Waals surface area contributed by atoms with Crippen molar-refractivity contribution in [2.75, 3.05) is 19.7 Å². The highest BCUT2D eigenvalue weighted by atomic mass is 79.9. The van der Waals surface area contributed by atoms with E-state index >= 15 is 0 Å². The second-order valence-corrected chi connectivity index (χ2v) is 5.76. The zero-order valence-corrected chi connectivity index (χ0v) is 11.1. The molecule has 3 rings (SSSR count). The fourth-order valence-corrected chi connectivity index (χ4v) is 3.67. The lowest BCUT2D eigenvalue weighted by Crippen LogP contribution is -2.11. The van der Waals surface area contributed by atoms with Gasteiger partial charge in [0.15, 0.2) is 0 Å². The van der Waals surface area contributed by atoms with Gasteiger partial charge in [-0.05, 0) is 46.9 Å². The van der Waals surface area contributed by atoms with Crippen molar-refractivity contribution in [2.24, 2.45) is 5.92 Å². The third kappa shape index (κ3) is 1.75. The minimum absolute atomic E-state index is 0.549. The summed E-state index contributed by atoms with van der Waals surface area (Å²) in [4.78, 5) is 0. The molecule has 0 aromatic heterocycles. The van der Waals surface area contributed by atoms with E-state index in [4.69, 9.17) is 16.3 Å². The summed E-state index contributed by atoms with van der Waals surface area (Å²) in [5.74, 6) is 2.22. The normalized spacial score (nSPS) is 27.9. The van der Waals surface area contributed by atoms with Crippen LogP contribution in [0.1, 0.15) is 17.9 Å². The van der Waals surface area contributed by atoms with Gasteiger partial charge < -0.3 is 10.1 Å². The Morgan fingerprint density at radius 1 is 1.38 bits per heavy atom. The van der Waals surface area contributed by atoms with Gasteiger partial charge >= 0.3 is 0 Å². The van der Waals surface area contributed by atoms with Crippen LogP contribution >= 0.6 is 27.5 Å². The Bertz CT molecular complexity index is 424. The summed E-state index contributed by atoms with van der Waals surface area (Å²) in [5, 5.41) is 4.24. The van der Waals surface area contributed by atoms with Crippen LogP contribution in [0.3, 0.4) is 0 Å². The van der Waals surface area contributed by atoms with Crippen LogP contribution in [0.5, 0.6) is 5.75 Å². The zero-order valence-electron chi connectivity index (χ0n) is 8.80. The lowest BCUT2D eigenvalue weighted by molar-refractivity contribution is 0.295. The van der Waals surface area contributed by atoms with Gasteiger partial charge in [0.1, 0.15) is 5.75 Å². The summed E-state index contributed by atoms with van der Waals surface area (Å²) < 4.78 is 6.81. The van der Waals surface area contributed by atoms with Crippen molar-refractivity contribution < 1.29 is 4.74 Å². The van der Waals surface area contributed by atoms with Gasteiger partial charge in [0.05, 0.1) is 11.1 Å². The lowest BCUT2D eigenvalue weighted by Gasteiger charge is -2.16. The molecule has 2 heterocycles. The number of ether oxygens (including phenoxy) is 1. The van der Waals surface area contributed by atoms with Crippen molar-refractivity contribution in [3.63, 3.8) is 0 Å². The van der Waals surface area contributed by atoms with Gasteiger partial charge in [-0.3, -0.25) is 0 Å². The molecule has 2 atom stereocenters. The average Bonchev–Trinajstić information content (AvgIpc) is 2.62. The van der Waals surface area contributed by atoms with E-state index in [1.165, 1.54) is 5.56 Å². The molecule has 2 aliphatic heterocycles. The third-order valence-electron chi connectivity index (χ3n) is 3.51. The van der Waals surface area contributed by atoms with Crippen LogP contribution in [0.25, 0.3) is 0 Å². The van der Waals surface area contributed by atoms with Crippen LogP contribution in [0, 0.1) is 5.92 Å². The Balaban J connectivity index is 2.12. The highest BCUT2D eigenvalue weighted by molar-refractivity contribution is 9.10. The first-order valence-electron chi connectivity index (χ1n) is 5.58. The van der Waals surface area contributed by atoms with Gasteiger partial charge in [-0.25, -0.2) is 0 Å². The standard InChI is InChI=1S/C12H13BrClNO/c13-11-4-8(14)3-9-10-6-15-5-7(10)1-2-16-12(9)11/h3-4,7,10,15H,1-2,5-6H2/t7-,10-/m1/s1. The van der Waals surface area contributed by atoms with E-state index in [9.17, 15) is 0 Å². The number of hydrogen-bond donors (Lipinski definition) is 1. The van der Waals surface area contributed by atoms with Crippen molar-refractivity contribution in [3.05, 3.63) is 27.2 Å². The summed E-state index contributed by atoms with van der Waals surface area (Å²) in [6, 6.07) is 3.96. The molecule has 1 fully saturated rings. The van der Waals surface area contributed by atoms with Crippen molar-refractivity contribution in [1.82, 2.24) is 5.32 Å². The summed E-state index contributed by atoms with van der Waals surface area (Å²) in [7, 11) is 0. The van der Waals surface area contributed by atoms with Gasteiger partial charge in [0, 0.05) is 23.0 Å². The molecule has 0 aliphatic carbocycles. The summed E-state index contributed by atoms with van der Waals surface area (Å²) in [6.45, 7) is 2.93. The predicted molar refractivity (Wildman–Crippen MR) is 68.4 cm³/mol. The number of benzene rings is 1. The zero-order chi connectivity index (χ0) is 11.1. The maximum Gasteiger partial charge on any atom is 0.137 e. The molecule has 0 unspecified atom stereocenters. The van der Waals surface area contributed by atoms with E-state index in [1.807, 2.05) is 6.07 Å². The quantitative estimate of drug-likeness (QED) is 0.795. The van der Waals surface area contributed by atoms with Gasteiger partial charge in [-0.2, -0.15) is 0 Å². The first kappa shape index (κ1) is 10.9. The Morgan fingerprint density at radius 3 is 3.12 bits per heavy atom. The van der Waals surface area contributed by atoms with Gasteiger partial charge in [0.2, 0.25) is 0 Å². The summed E-state index contributed by atoms with van der Waals surface area (Å²) in [6.07, 6.45) is 1.12. The SMILES string of the molecule is Clc1cc(Br)c2c(c1)[C@@H]1CNC[C@H]1CCO2. The average molecular weight is 303 g/mol. The third-order valence-corrected chi connectivity index (χ3v) is 4.32. The lowest BCUT2D eigenvalue weighted by atomic mass is 9.87. The molecule has 0 bridgehead atoms. The molecule has 0 radical (unpaired) electrons. The van der Waals surface area contributed by atoms with Crippen LogP contribution in [-0.2, 0) is 0 Å². The van der Waals surface area contributed by atoms with Crippen LogP contribution in [0.2, 0.25) is 5.02 Å². The first-order valence-corrected chi connectivity index (χ1v) is 6.75. The molecule has 0 saturated carbocycles. The van der Waals surface area contributed by atoms with E-state index < -0.39 is 0 Å². The van der Waals surface area contributed by atoms with Crippen molar-refractivity contribution in [3.8, 4) is 5.75 Å². The monoisotopic (exact) mass is 301 g/mol. The fourth-order valence-electron chi connectivity index (χ4n) is 2.72. The van der Waals surface area contributed by atoms with Crippen molar-refractivity contribution in [2.45, 2.75) is 12.3 Å². The second kappa shape index (κ2) is 4.21. The Hall–Kier alpha value is -0.250. The molecule has 0 spiro atoms. The number of nitrogens with one attached hydrogen (secondary N) is 1. The summed E-state index contributed by atoms with van der Waals surface area (Å²) >= 11 is 9.65. The smallest absolute Gasteiger partial charge is 0.137 e. The molecule has 2 aliphatic rings. The molecule has 1 saturated heterocycles. The van der Waals surface area contributed by atoms with Gasteiger partial charge in [-0.15, -0.1) is 0 Å². The molecule has 4 heteroatoms. The largest absolute Gasteiger partial charge is 0.492 e. The molecule has 1 aromatic rings. The van der Waals surface area contributed by atoms with Crippen molar-refractivity contribution in [1.29, 1.82) is 0 Å². The van der Waals surface area contributed by atoms with Crippen LogP contribution in [0.15, 0.2) is 16.6 Å². The van der Waals surface area contributed by atoms with Gasteiger partial charge in [-0.1, -0.05) is 11.6 Å². The Morgan fingerprint density at radius 2 is 2.25 bits per heavy atom. The van der Waals surface area contributed by atoms with Crippen molar-refractivity contribution >= 4 is 27.5 Å². The van der Waals surface area contributed by atoms with E-state index in [0.29, 0.717) is 11.8 Å². The van der Waals surface area contributed by atoms with Crippen LogP contribution in [-0.4, -0.2) is 19.7 Å². The molecule has 16 heavy (non-hydrogen) atoms. The molecule has 2 nitrogen and oxygen atoms in total. The summed E-state index contributed by atoms with van der Waals surface area (Å²) in [5.41, 5.74) is 1.26. The number of halogens is 2. The van der Waals surface area contributed by atoms with E-state index in [1.54, 1.807) is 0 Å². The molecular weight excluding hydrogens is 289 g/mol. The maximum atomic E-state index is 6.12. The molecular formula is C12H13BrClNO. The fraction of sp³-hybridized carbons (Fsp3) is 0.500. The van der Waals surface area contributed by atoms with Gasteiger partial charge in [0.25, 0.3) is 0 Å². The molecule has 86 valence electrons. The first-order chi connectivity index (χ1) is 7.75. The Labute approximate surface area is 108 Å². The van der Waals surface area contributed by atoms with Crippen LogP contribution < -0.4 is 10.1 Å². The van der Waals surface area contributed by atoms with Crippen LogP contribution in [0.4, 0.5) is 0 Å². The predicted octanol–water partition coefficient (Wildman–Crippen LogP) is 3.19. The number of fused-ring (bicyclic) bond motifs is 3. The maximum absolute atomic E-state index is 6.12. The minimum Gasteiger partial charge on any atom is -0.492 e. The van der Waals surface area contributed by atoms with E-state index in [2.05, 4.69) is 27.3 Å². The van der Waals surface area contributed by atoms with E-state index in [0.717, 1.165) is 41.4 Å². The molecule has 1 aromatic carbocycles. The number of hydrogen-bond acceptors (Lipinski definition) is 2. The highest BCUT2D eigenvalue weighted by Crippen LogP contribution is 2.43.